The minimum atomic E-state index is -0.473. The maximum atomic E-state index is 12.2. The monoisotopic (exact) mass is 378 g/mol. The van der Waals surface area contributed by atoms with Crippen molar-refractivity contribution in [1.82, 2.24) is 9.55 Å². The summed E-state index contributed by atoms with van der Waals surface area (Å²) in [7, 11) is 0. The fourth-order valence-corrected chi connectivity index (χ4v) is 3.46. The van der Waals surface area contributed by atoms with E-state index < -0.39 is 5.69 Å². The first-order chi connectivity index (χ1) is 12.5. The van der Waals surface area contributed by atoms with Gasteiger partial charge in [-0.3, -0.25) is 14.3 Å². The first-order valence-electron chi connectivity index (χ1n) is 8.79. The molecule has 0 amide bonds. The zero-order valence-electron chi connectivity index (χ0n) is 15.5. The molecular weight excluding hydrogens is 352 g/mol. The molecule has 1 aromatic heterocycles. The molecule has 2 rings (SSSR count). The van der Waals surface area contributed by atoms with Crippen LogP contribution in [-0.2, 0) is 16.2 Å². The largest absolute Gasteiger partial charge is 0.376 e. The van der Waals surface area contributed by atoms with Gasteiger partial charge in [0.25, 0.3) is 5.56 Å². The molecule has 0 aliphatic heterocycles. The van der Waals surface area contributed by atoms with Crippen LogP contribution in [-0.4, -0.2) is 28.9 Å². The molecule has 1 N–H and O–H groups in total. The summed E-state index contributed by atoms with van der Waals surface area (Å²) in [6.07, 6.45) is 2.29. The molecule has 0 spiro atoms. The minimum absolute atomic E-state index is 0.0666. The van der Waals surface area contributed by atoms with Crippen LogP contribution in [0.25, 0.3) is 0 Å². The fraction of sp³-hybridized carbons (Fsp3) is 0.474. The highest BCUT2D eigenvalue weighted by Crippen LogP contribution is 2.27. The lowest BCUT2D eigenvalue weighted by Crippen LogP contribution is -2.33. The molecular formula is C19H26N2O4S. The molecule has 0 aliphatic rings. The molecule has 1 heterocycles. The lowest BCUT2D eigenvalue weighted by atomic mass is 10.2. The van der Waals surface area contributed by atoms with Gasteiger partial charge in [-0.15, -0.1) is 0 Å². The van der Waals surface area contributed by atoms with Gasteiger partial charge in [-0.1, -0.05) is 43.3 Å². The average Bonchev–Trinajstić information content (AvgIpc) is 2.62. The number of rotatable bonds is 10. The van der Waals surface area contributed by atoms with E-state index in [1.807, 2.05) is 37.3 Å². The van der Waals surface area contributed by atoms with Gasteiger partial charge in [-0.05, 0) is 32.4 Å². The highest BCUT2D eigenvalue weighted by molar-refractivity contribution is 7.99. The van der Waals surface area contributed by atoms with Crippen molar-refractivity contribution in [3.8, 4) is 0 Å². The summed E-state index contributed by atoms with van der Waals surface area (Å²) >= 11 is 1.38. The third-order valence-corrected chi connectivity index (χ3v) is 5.10. The van der Waals surface area contributed by atoms with Crippen molar-refractivity contribution in [3.63, 3.8) is 0 Å². The first kappa shape index (κ1) is 20.5. The standard InChI is InChI=1S/C19H26N2O4S/c1-4-8-14(2)25-12-11-24-13-21-18(15(3)17(22)20-19(21)23)26-16-9-6-5-7-10-16/h5-7,9-10,14H,4,8,11-13H2,1-3H3,(H,20,22,23). The van der Waals surface area contributed by atoms with Crippen LogP contribution >= 0.6 is 11.8 Å². The van der Waals surface area contributed by atoms with Crippen molar-refractivity contribution >= 4 is 11.8 Å². The number of nitrogens with zero attached hydrogens (tertiary/aromatic N) is 1. The third-order valence-electron chi connectivity index (χ3n) is 3.88. The molecule has 1 unspecified atom stereocenters. The number of aromatic nitrogens is 2. The van der Waals surface area contributed by atoms with Crippen molar-refractivity contribution in [3.05, 3.63) is 56.7 Å². The zero-order valence-corrected chi connectivity index (χ0v) is 16.3. The van der Waals surface area contributed by atoms with E-state index in [9.17, 15) is 9.59 Å². The van der Waals surface area contributed by atoms with Gasteiger partial charge >= 0.3 is 5.69 Å². The summed E-state index contributed by atoms with van der Waals surface area (Å²) < 4.78 is 12.7. The number of benzene rings is 1. The van der Waals surface area contributed by atoms with Crippen molar-refractivity contribution in [2.75, 3.05) is 13.2 Å². The summed E-state index contributed by atoms with van der Waals surface area (Å²) in [5.74, 6) is 0. The molecule has 0 saturated heterocycles. The SMILES string of the molecule is CCCC(C)OCCOCn1c(Sc2ccccc2)c(C)c(=O)[nH]c1=O. The topological polar surface area (TPSA) is 73.3 Å². The molecule has 142 valence electrons. The molecule has 0 bridgehead atoms. The molecule has 0 saturated carbocycles. The zero-order chi connectivity index (χ0) is 18.9. The lowest BCUT2D eigenvalue weighted by Gasteiger charge is -2.15. The van der Waals surface area contributed by atoms with Gasteiger partial charge in [0, 0.05) is 10.5 Å². The number of hydrogen-bond acceptors (Lipinski definition) is 5. The molecule has 7 heteroatoms. The molecule has 0 fully saturated rings. The Hall–Kier alpha value is -1.83. The van der Waals surface area contributed by atoms with Crippen molar-refractivity contribution < 1.29 is 9.47 Å². The van der Waals surface area contributed by atoms with Crippen LogP contribution in [0, 0.1) is 6.92 Å². The Labute approximate surface area is 157 Å². The van der Waals surface area contributed by atoms with E-state index in [0.717, 1.165) is 17.7 Å². The van der Waals surface area contributed by atoms with Gasteiger partial charge in [0.1, 0.15) is 6.73 Å². The van der Waals surface area contributed by atoms with Crippen LogP contribution < -0.4 is 11.2 Å². The van der Waals surface area contributed by atoms with E-state index >= 15 is 0 Å². The van der Waals surface area contributed by atoms with E-state index in [2.05, 4.69) is 11.9 Å². The Morgan fingerprint density at radius 3 is 2.62 bits per heavy atom. The molecule has 2 aromatic rings. The van der Waals surface area contributed by atoms with E-state index in [4.69, 9.17) is 9.47 Å². The van der Waals surface area contributed by atoms with E-state index in [-0.39, 0.29) is 18.4 Å². The Kier molecular flexibility index (Phi) is 8.15. The van der Waals surface area contributed by atoms with Gasteiger partial charge in [0.2, 0.25) is 0 Å². The maximum Gasteiger partial charge on any atom is 0.331 e. The number of hydrogen-bond donors (Lipinski definition) is 1. The second-order valence-corrected chi connectivity index (χ2v) is 7.10. The number of nitrogens with one attached hydrogen (secondary N) is 1. The summed E-state index contributed by atoms with van der Waals surface area (Å²) in [6.45, 7) is 6.78. The maximum absolute atomic E-state index is 12.2. The van der Waals surface area contributed by atoms with Crippen LogP contribution in [0.2, 0.25) is 0 Å². The molecule has 0 radical (unpaired) electrons. The van der Waals surface area contributed by atoms with Crippen LogP contribution in [0.15, 0.2) is 49.8 Å². The van der Waals surface area contributed by atoms with Crippen molar-refractivity contribution in [1.29, 1.82) is 0 Å². The highest BCUT2D eigenvalue weighted by Gasteiger charge is 2.13. The van der Waals surface area contributed by atoms with E-state index in [1.54, 1.807) is 6.92 Å². The van der Waals surface area contributed by atoms with Gasteiger partial charge < -0.3 is 9.47 Å². The summed E-state index contributed by atoms with van der Waals surface area (Å²) in [5, 5.41) is 0.588. The second-order valence-electron chi connectivity index (χ2n) is 6.04. The lowest BCUT2D eigenvalue weighted by molar-refractivity contribution is -0.0125. The summed E-state index contributed by atoms with van der Waals surface area (Å²) in [6, 6.07) is 9.62. The molecule has 1 aromatic carbocycles. The van der Waals surface area contributed by atoms with Gasteiger partial charge in [0.15, 0.2) is 0 Å². The van der Waals surface area contributed by atoms with Crippen LogP contribution in [0.3, 0.4) is 0 Å². The Morgan fingerprint density at radius 1 is 1.19 bits per heavy atom. The van der Waals surface area contributed by atoms with Crippen LogP contribution in [0.1, 0.15) is 32.3 Å². The molecule has 0 aliphatic carbocycles. The average molecular weight is 378 g/mol. The Balaban J connectivity index is 2.06. The van der Waals surface area contributed by atoms with E-state index in [1.165, 1.54) is 16.3 Å². The number of H-pyrrole nitrogens is 1. The van der Waals surface area contributed by atoms with Crippen molar-refractivity contribution in [2.45, 2.75) is 56.4 Å². The molecule has 1 atom stereocenters. The Bertz CT molecular complexity index is 801. The number of aromatic amines is 1. The second kappa shape index (κ2) is 10.4. The summed E-state index contributed by atoms with van der Waals surface area (Å²) in [5.41, 5.74) is -0.351. The van der Waals surface area contributed by atoms with Crippen LogP contribution in [0.4, 0.5) is 0 Å². The number of ether oxygens (including phenoxy) is 2. The van der Waals surface area contributed by atoms with Crippen molar-refractivity contribution in [2.24, 2.45) is 0 Å². The van der Waals surface area contributed by atoms with E-state index in [0.29, 0.717) is 23.8 Å². The quantitative estimate of drug-likeness (QED) is 0.508. The van der Waals surface area contributed by atoms with Gasteiger partial charge in [-0.25, -0.2) is 4.79 Å². The first-order valence-corrected chi connectivity index (χ1v) is 9.60. The predicted octanol–water partition coefficient (Wildman–Crippen LogP) is 3.18. The molecule has 6 nitrogen and oxygen atoms in total. The highest BCUT2D eigenvalue weighted by atomic mass is 32.2. The van der Waals surface area contributed by atoms with Crippen LogP contribution in [0.5, 0.6) is 0 Å². The minimum Gasteiger partial charge on any atom is -0.376 e. The summed E-state index contributed by atoms with van der Waals surface area (Å²) in [4.78, 5) is 27.5. The van der Waals surface area contributed by atoms with Gasteiger partial charge in [0.05, 0.1) is 24.3 Å². The normalized spacial score (nSPS) is 12.3. The smallest absolute Gasteiger partial charge is 0.331 e. The fourth-order valence-electron chi connectivity index (χ4n) is 2.45. The van der Waals surface area contributed by atoms with Gasteiger partial charge in [-0.2, -0.15) is 0 Å². The predicted molar refractivity (Wildman–Crippen MR) is 103 cm³/mol. The molecule has 26 heavy (non-hydrogen) atoms. The third kappa shape index (κ3) is 5.86. The Morgan fingerprint density at radius 2 is 1.92 bits per heavy atom.